The average Bonchev–Trinajstić information content (AvgIpc) is 2.29. The Morgan fingerprint density at radius 2 is 2.00 bits per heavy atom. The molecule has 0 bridgehead atoms. The van der Waals surface area contributed by atoms with E-state index in [-0.39, 0.29) is 0 Å². The Kier molecular flexibility index (Phi) is 7.09. The van der Waals surface area contributed by atoms with E-state index in [1.807, 2.05) is 0 Å². The zero-order valence-electron chi connectivity index (χ0n) is 11.6. The fourth-order valence-electron chi connectivity index (χ4n) is 2.89. The molecular formula is C14H30N2O. The van der Waals surface area contributed by atoms with Crippen LogP contribution in [0.3, 0.4) is 0 Å². The van der Waals surface area contributed by atoms with E-state index in [2.05, 4.69) is 18.9 Å². The van der Waals surface area contributed by atoms with Crippen molar-refractivity contribution in [2.45, 2.75) is 51.5 Å². The zero-order valence-corrected chi connectivity index (χ0v) is 11.6. The van der Waals surface area contributed by atoms with Gasteiger partial charge in [0.25, 0.3) is 0 Å². The third-order valence-electron chi connectivity index (χ3n) is 4.05. The van der Waals surface area contributed by atoms with Gasteiger partial charge in [0.2, 0.25) is 0 Å². The molecule has 0 heterocycles. The zero-order chi connectivity index (χ0) is 12.7. The van der Waals surface area contributed by atoms with Crippen LogP contribution in [-0.4, -0.2) is 42.8 Å². The van der Waals surface area contributed by atoms with Crippen LogP contribution in [0.25, 0.3) is 0 Å². The molecule has 17 heavy (non-hydrogen) atoms. The van der Waals surface area contributed by atoms with Gasteiger partial charge in [-0.25, -0.2) is 0 Å². The Balaban J connectivity index is 2.17. The number of nitrogens with zero attached hydrogens (tertiary/aromatic N) is 1. The summed E-state index contributed by atoms with van der Waals surface area (Å²) in [5, 5.41) is 8.73. The summed E-state index contributed by atoms with van der Waals surface area (Å²) >= 11 is 0. The number of hydrogen-bond donors (Lipinski definition) is 2. The van der Waals surface area contributed by atoms with Crippen LogP contribution in [0.5, 0.6) is 0 Å². The van der Waals surface area contributed by atoms with E-state index < -0.39 is 0 Å². The highest BCUT2D eigenvalue weighted by Crippen LogP contribution is 2.28. The largest absolute Gasteiger partial charge is 0.396 e. The molecule has 0 aromatic rings. The van der Waals surface area contributed by atoms with Crippen LogP contribution in [0, 0.1) is 11.8 Å². The predicted octanol–water partition coefficient (Wildman–Crippen LogP) is 1.84. The van der Waals surface area contributed by atoms with Crippen molar-refractivity contribution in [1.29, 1.82) is 0 Å². The van der Waals surface area contributed by atoms with Crippen LogP contribution >= 0.6 is 0 Å². The lowest BCUT2D eigenvalue weighted by Crippen LogP contribution is -2.42. The molecule has 102 valence electrons. The molecule has 3 N–H and O–H groups in total. The third-order valence-corrected chi connectivity index (χ3v) is 4.05. The van der Waals surface area contributed by atoms with E-state index >= 15 is 0 Å². The lowest BCUT2D eigenvalue weighted by atomic mass is 9.79. The van der Waals surface area contributed by atoms with Gasteiger partial charge in [-0.05, 0) is 64.0 Å². The van der Waals surface area contributed by atoms with Crippen LogP contribution in [0.2, 0.25) is 0 Å². The molecular weight excluding hydrogens is 212 g/mol. The molecule has 0 amide bonds. The lowest BCUT2D eigenvalue weighted by molar-refractivity contribution is 0.178. The van der Waals surface area contributed by atoms with Crippen molar-refractivity contribution in [1.82, 2.24) is 4.90 Å². The summed E-state index contributed by atoms with van der Waals surface area (Å²) in [6, 6.07) is 0.408. The van der Waals surface area contributed by atoms with Crippen molar-refractivity contribution >= 4 is 0 Å². The Morgan fingerprint density at radius 3 is 2.71 bits per heavy atom. The first kappa shape index (κ1) is 14.9. The van der Waals surface area contributed by atoms with Crippen molar-refractivity contribution in [3.63, 3.8) is 0 Å². The van der Waals surface area contributed by atoms with Crippen LogP contribution < -0.4 is 5.73 Å². The highest BCUT2D eigenvalue weighted by molar-refractivity contribution is 4.82. The Morgan fingerprint density at radius 1 is 1.24 bits per heavy atom. The Bertz CT molecular complexity index is 199. The van der Waals surface area contributed by atoms with Gasteiger partial charge in [0.15, 0.2) is 0 Å². The fourth-order valence-corrected chi connectivity index (χ4v) is 2.89. The topological polar surface area (TPSA) is 49.5 Å². The van der Waals surface area contributed by atoms with Gasteiger partial charge in [-0.15, -0.1) is 0 Å². The highest BCUT2D eigenvalue weighted by atomic mass is 16.2. The monoisotopic (exact) mass is 242 g/mol. The second-order valence-electron chi connectivity index (χ2n) is 5.89. The maximum absolute atomic E-state index is 8.73. The molecule has 1 rings (SSSR count). The summed E-state index contributed by atoms with van der Waals surface area (Å²) in [6.45, 7) is 4.96. The lowest BCUT2D eigenvalue weighted by Gasteiger charge is -2.35. The quantitative estimate of drug-likeness (QED) is 0.670. The second kappa shape index (κ2) is 8.06. The van der Waals surface area contributed by atoms with Crippen LogP contribution in [0.15, 0.2) is 0 Å². The third kappa shape index (κ3) is 5.84. The van der Waals surface area contributed by atoms with Gasteiger partial charge in [-0.3, -0.25) is 0 Å². The maximum atomic E-state index is 8.73. The standard InChI is InChI=1S/C14H30N2O/c1-12-6-7-14(15)13(10-12)11-16(2)8-4-3-5-9-17/h12-14,17H,3-11,15H2,1-2H3. The molecule has 3 nitrogen and oxygen atoms in total. The summed E-state index contributed by atoms with van der Waals surface area (Å²) in [4.78, 5) is 2.42. The van der Waals surface area contributed by atoms with Crippen LogP contribution in [-0.2, 0) is 0 Å². The van der Waals surface area contributed by atoms with Crippen molar-refractivity contribution in [3.8, 4) is 0 Å². The van der Waals surface area contributed by atoms with Gasteiger partial charge in [-0.2, -0.15) is 0 Å². The molecule has 1 aliphatic rings. The molecule has 0 aromatic carbocycles. The minimum Gasteiger partial charge on any atom is -0.396 e. The number of hydrogen-bond acceptors (Lipinski definition) is 3. The first-order valence-electron chi connectivity index (χ1n) is 7.18. The second-order valence-corrected chi connectivity index (χ2v) is 5.89. The molecule has 0 aromatic heterocycles. The van der Waals surface area contributed by atoms with Crippen LogP contribution in [0.4, 0.5) is 0 Å². The van der Waals surface area contributed by atoms with Crippen LogP contribution in [0.1, 0.15) is 45.4 Å². The number of aliphatic hydroxyl groups is 1. The van der Waals surface area contributed by atoms with Crippen molar-refractivity contribution < 1.29 is 5.11 Å². The summed E-state index contributed by atoms with van der Waals surface area (Å²) in [7, 11) is 2.20. The molecule has 0 saturated heterocycles. The first-order valence-corrected chi connectivity index (χ1v) is 7.18. The number of nitrogens with two attached hydrogens (primary N) is 1. The molecule has 1 saturated carbocycles. The van der Waals surface area contributed by atoms with Crippen molar-refractivity contribution in [2.24, 2.45) is 17.6 Å². The summed E-state index contributed by atoms with van der Waals surface area (Å²) in [5.41, 5.74) is 6.21. The molecule has 3 atom stereocenters. The molecule has 1 aliphatic carbocycles. The predicted molar refractivity (Wildman–Crippen MR) is 72.9 cm³/mol. The molecule has 0 radical (unpaired) electrons. The van der Waals surface area contributed by atoms with E-state index in [9.17, 15) is 0 Å². The van der Waals surface area contributed by atoms with Gasteiger partial charge in [0.1, 0.15) is 0 Å². The highest BCUT2D eigenvalue weighted by Gasteiger charge is 2.26. The van der Waals surface area contributed by atoms with E-state index in [0.29, 0.717) is 18.6 Å². The normalized spacial score (nSPS) is 29.8. The SMILES string of the molecule is CC1CCC(N)C(CN(C)CCCCCO)C1. The van der Waals surface area contributed by atoms with E-state index in [0.717, 1.165) is 31.8 Å². The van der Waals surface area contributed by atoms with Gasteiger partial charge in [0, 0.05) is 19.2 Å². The average molecular weight is 242 g/mol. The summed E-state index contributed by atoms with van der Waals surface area (Å²) in [6.07, 6.45) is 7.06. The van der Waals surface area contributed by atoms with E-state index in [4.69, 9.17) is 10.8 Å². The number of unbranched alkanes of at least 4 members (excludes halogenated alkanes) is 2. The maximum Gasteiger partial charge on any atom is 0.0431 e. The van der Waals surface area contributed by atoms with E-state index in [1.165, 1.54) is 25.7 Å². The Labute approximate surface area is 106 Å². The van der Waals surface area contributed by atoms with Crippen molar-refractivity contribution in [3.05, 3.63) is 0 Å². The fraction of sp³-hybridized carbons (Fsp3) is 1.00. The number of aliphatic hydroxyl groups excluding tert-OH is 1. The molecule has 0 spiro atoms. The first-order chi connectivity index (χ1) is 8.13. The van der Waals surface area contributed by atoms with E-state index in [1.54, 1.807) is 0 Å². The van der Waals surface area contributed by atoms with Gasteiger partial charge < -0.3 is 15.7 Å². The number of rotatable bonds is 7. The van der Waals surface area contributed by atoms with Gasteiger partial charge >= 0.3 is 0 Å². The minimum absolute atomic E-state index is 0.328. The molecule has 0 aliphatic heterocycles. The molecule has 1 fully saturated rings. The summed E-state index contributed by atoms with van der Waals surface area (Å²) < 4.78 is 0. The minimum atomic E-state index is 0.328. The molecule has 3 unspecified atom stereocenters. The molecule has 3 heteroatoms. The smallest absolute Gasteiger partial charge is 0.0431 e. The van der Waals surface area contributed by atoms with Gasteiger partial charge in [-0.1, -0.05) is 6.92 Å². The van der Waals surface area contributed by atoms with Crippen molar-refractivity contribution in [2.75, 3.05) is 26.7 Å². The summed E-state index contributed by atoms with van der Waals surface area (Å²) in [5.74, 6) is 1.53. The van der Waals surface area contributed by atoms with Gasteiger partial charge in [0.05, 0.1) is 0 Å². The Hall–Kier alpha value is -0.120.